The van der Waals surface area contributed by atoms with Crippen molar-refractivity contribution in [3.63, 3.8) is 0 Å². The first-order valence-electron chi connectivity index (χ1n) is 9.36. The van der Waals surface area contributed by atoms with E-state index >= 15 is 0 Å². The minimum atomic E-state index is -0.0973. The minimum Gasteiger partial charge on any atom is -0.487 e. The number of aryl methyl sites for hydroxylation is 1. The summed E-state index contributed by atoms with van der Waals surface area (Å²) in [5.41, 5.74) is 5.70. The zero-order chi connectivity index (χ0) is 19.8. The molecule has 1 aromatic heterocycles. The highest BCUT2D eigenvalue weighted by atomic mass is 32.1. The molecule has 0 aliphatic heterocycles. The number of aromatic nitrogens is 1. The summed E-state index contributed by atoms with van der Waals surface area (Å²) in [6.45, 7) is 6.85. The summed E-state index contributed by atoms with van der Waals surface area (Å²) in [7, 11) is 0. The monoisotopic (exact) mass is 395 g/mol. The Balaban J connectivity index is 1.53. The molecule has 0 bridgehead atoms. The summed E-state index contributed by atoms with van der Waals surface area (Å²) < 4.78 is 5.73. The third kappa shape index (κ3) is 5.33. The van der Waals surface area contributed by atoms with Crippen LogP contribution in [0.15, 0.2) is 59.4 Å². The second-order valence-electron chi connectivity index (χ2n) is 6.42. The van der Waals surface area contributed by atoms with Gasteiger partial charge >= 0.3 is 0 Å². The van der Waals surface area contributed by atoms with Gasteiger partial charge in [0.15, 0.2) is 0 Å². The number of thiazole rings is 1. The van der Waals surface area contributed by atoms with Crippen molar-refractivity contribution in [2.75, 3.05) is 24.5 Å². The molecule has 0 spiro atoms. The molecular weight excluding hydrogens is 370 g/mol. The Hall–Kier alpha value is -2.86. The van der Waals surface area contributed by atoms with E-state index in [1.54, 1.807) is 17.6 Å². The van der Waals surface area contributed by atoms with Crippen LogP contribution in [0.5, 0.6) is 5.75 Å². The molecule has 28 heavy (non-hydrogen) atoms. The zero-order valence-electron chi connectivity index (χ0n) is 16.2. The average molecular weight is 396 g/mol. The van der Waals surface area contributed by atoms with Gasteiger partial charge in [0.25, 0.3) is 5.91 Å². The lowest BCUT2D eigenvalue weighted by molar-refractivity contribution is 0.0954. The van der Waals surface area contributed by atoms with Crippen LogP contribution in [-0.2, 0) is 6.61 Å². The predicted octanol–water partition coefficient (Wildman–Crippen LogP) is 4.29. The van der Waals surface area contributed by atoms with Crippen LogP contribution in [0, 0.1) is 6.92 Å². The molecule has 0 radical (unpaired) electrons. The van der Waals surface area contributed by atoms with E-state index in [4.69, 9.17) is 4.74 Å². The van der Waals surface area contributed by atoms with E-state index in [1.807, 2.05) is 29.6 Å². The van der Waals surface area contributed by atoms with Crippen LogP contribution in [0.4, 0.5) is 5.69 Å². The van der Waals surface area contributed by atoms with Crippen molar-refractivity contribution in [2.24, 2.45) is 0 Å². The summed E-state index contributed by atoms with van der Waals surface area (Å²) in [6, 6.07) is 15.5. The van der Waals surface area contributed by atoms with Gasteiger partial charge in [0.05, 0.1) is 11.2 Å². The van der Waals surface area contributed by atoms with Crippen LogP contribution in [0.25, 0.3) is 0 Å². The fourth-order valence-electron chi connectivity index (χ4n) is 2.97. The lowest BCUT2D eigenvalue weighted by atomic mass is 10.2. The number of nitrogens with zero attached hydrogens (tertiary/aromatic N) is 2. The SMILES string of the molecule is CCN(CCNC(=O)c1cccc(OCc2cscn2)c1)c1ccccc1C. The number of para-hydroxylation sites is 1. The summed E-state index contributed by atoms with van der Waals surface area (Å²) in [6.07, 6.45) is 0. The molecule has 6 heteroatoms. The number of anilines is 1. The van der Waals surface area contributed by atoms with E-state index in [0.717, 1.165) is 18.8 Å². The maximum atomic E-state index is 12.5. The molecule has 0 atom stereocenters. The van der Waals surface area contributed by atoms with E-state index in [2.05, 4.69) is 41.2 Å². The van der Waals surface area contributed by atoms with E-state index in [0.29, 0.717) is 24.5 Å². The van der Waals surface area contributed by atoms with Gasteiger partial charge in [-0.15, -0.1) is 11.3 Å². The lowest BCUT2D eigenvalue weighted by Crippen LogP contribution is -2.35. The van der Waals surface area contributed by atoms with Gasteiger partial charge < -0.3 is 15.0 Å². The first-order valence-corrected chi connectivity index (χ1v) is 10.3. The first kappa shape index (κ1) is 19.9. The van der Waals surface area contributed by atoms with Crippen LogP contribution >= 0.6 is 11.3 Å². The largest absolute Gasteiger partial charge is 0.487 e. The van der Waals surface area contributed by atoms with Crippen molar-refractivity contribution in [1.29, 1.82) is 0 Å². The Bertz CT molecular complexity index is 896. The van der Waals surface area contributed by atoms with Gasteiger partial charge in [-0.1, -0.05) is 24.3 Å². The highest BCUT2D eigenvalue weighted by Gasteiger charge is 2.10. The van der Waals surface area contributed by atoms with Crippen molar-refractivity contribution in [3.8, 4) is 5.75 Å². The maximum absolute atomic E-state index is 12.5. The van der Waals surface area contributed by atoms with E-state index in [9.17, 15) is 4.79 Å². The molecular formula is C22H25N3O2S. The number of carbonyl (C=O) groups excluding carboxylic acids is 1. The molecule has 0 unspecified atom stereocenters. The van der Waals surface area contributed by atoms with Crippen LogP contribution < -0.4 is 15.0 Å². The molecule has 1 N–H and O–H groups in total. The number of benzene rings is 2. The van der Waals surface area contributed by atoms with Crippen molar-refractivity contribution in [2.45, 2.75) is 20.5 Å². The quantitative estimate of drug-likeness (QED) is 0.587. The van der Waals surface area contributed by atoms with Crippen molar-refractivity contribution < 1.29 is 9.53 Å². The summed E-state index contributed by atoms with van der Waals surface area (Å²) in [5, 5.41) is 4.95. The molecule has 3 rings (SSSR count). The second kappa shape index (κ2) is 9.90. The van der Waals surface area contributed by atoms with Gasteiger partial charge in [-0.25, -0.2) is 4.98 Å². The predicted molar refractivity (Wildman–Crippen MR) is 114 cm³/mol. The topological polar surface area (TPSA) is 54.5 Å². The number of likely N-dealkylation sites (N-methyl/N-ethyl adjacent to an activating group) is 1. The van der Waals surface area contributed by atoms with Gasteiger partial charge in [-0.2, -0.15) is 0 Å². The number of hydrogen-bond acceptors (Lipinski definition) is 5. The van der Waals surface area contributed by atoms with Crippen LogP contribution in [0.1, 0.15) is 28.5 Å². The molecule has 3 aromatic rings. The Morgan fingerprint density at radius 1 is 1.21 bits per heavy atom. The number of hydrogen-bond donors (Lipinski definition) is 1. The summed E-state index contributed by atoms with van der Waals surface area (Å²) in [4.78, 5) is 19.0. The smallest absolute Gasteiger partial charge is 0.251 e. The number of amides is 1. The summed E-state index contributed by atoms with van der Waals surface area (Å²) >= 11 is 1.54. The van der Waals surface area contributed by atoms with E-state index < -0.39 is 0 Å². The Kier molecular flexibility index (Phi) is 7.03. The van der Waals surface area contributed by atoms with Gasteiger partial charge in [0.2, 0.25) is 0 Å². The highest BCUT2D eigenvalue weighted by molar-refractivity contribution is 7.07. The molecule has 0 aliphatic carbocycles. The van der Waals surface area contributed by atoms with Gasteiger partial charge in [-0.3, -0.25) is 4.79 Å². The first-order chi connectivity index (χ1) is 13.7. The number of rotatable bonds is 9. The third-order valence-electron chi connectivity index (χ3n) is 4.47. The molecule has 1 amide bonds. The zero-order valence-corrected chi connectivity index (χ0v) is 17.0. The minimum absolute atomic E-state index is 0.0973. The normalized spacial score (nSPS) is 10.5. The summed E-state index contributed by atoms with van der Waals surface area (Å²) in [5.74, 6) is 0.565. The number of ether oxygens (including phenoxy) is 1. The molecule has 0 aliphatic rings. The van der Waals surface area contributed by atoms with E-state index in [1.165, 1.54) is 22.6 Å². The third-order valence-corrected chi connectivity index (χ3v) is 5.11. The second-order valence-corrected chi connectivity index (χ2v) is 7.14. The van der Waals surface area contributed by atoms with Crippen LogP contribution in [0.3, 0.4) is 0 Å². The standard InChI is InChI=1S/C22H25N3O2S/c1-3-25(21-10-5-4-7-17(21)2)12-11-23-22(26)18-8-6-9-20(13-18)27-14-19-15-28-16-24-19/h4-10,13,15-16H,3,11-12,14H2,1-2H3,(H,23,26). The van der Waals surface area contributed by atoms with Crippen molar-refractivity contribution >= 4 is 22.9 Å². The lowest BCUT2D eigenvalue weighted by Gasteiger charge is -2.25. The van der Waals surface area contributed by atoms with Crippen LogP contribution in [0.2, 0.25) is 0 Å². The molecule has 2 aromatic carbocycles. The highest BCUT2D eigenvalue weighted by Crippen LogP contribution is 2.19. The molecule has 0 saturated heterocycles. The Morgan fingerprint density at radius 3 is 2.82 bits per heavy atom. The van der Waals surface area contributed by atoms with Gasteiger partial charge in [0, 0.05) is 36.3 Å². The molecule has 0 fully saturated rings. The molecule has 0 saturated carbocycles. The Morgan fingerprint density at radius 2 is 2.07 bits per heavy atom. The van der Waals surface area contributed by atoms with Crippen molar-refractivity contribution in [1.82, 2.24) is 10.3 Å². The van der Waals surface area contributed by atoms with Gasteiger partial charge in [-0.05, 0) is 43.7 Å². The van der Waals surface area contributed by atoms with Crippen molar-refractivity contribution in [3.05, 3.63) is 76.2 Å². The average Bonchev–Trinajstić information content (AvgIpc) is 3.24. The fourth-order valence-corrected chi connectivity index (χ4v) is 3.51. The molecule has 5 nitrogen and oxygen atoms in total. The van der Waals surface area contributed by atoms with Crippen LogP contribution in [-0.4, -0.2) is 30.5 Å². The number of nitrogens with one attached hydrogen (secondary N) is 1. The number of carbonyl (C=O) groups is 1. The fraction of sp³-hybridized carbons (Fsp3) is 0.273. The molecule has 1 heterocycles. The van der Waals surface area contributed by atoms with E-state index in [-0.39, 0.29) is 5.91 Å². The molecule has 146 valence electrons. The maximum Gasteiger partial charge on any atom is 0.251 e. The Labute approximate surface area is 170 Å². The van der Waals surface area contributed by atoms with Gasteiger partial charge in [0.1, 0.15) is 12.4 Å².